The summed E-state index contributed by atoms with van der Waals surface area (Å²) in [5.41, 5.74) is 2.28. The van der Waals surface area contributed by atoms with Crippen molar-refractivity contribution in [3.63, 3.8) is 0 Å². The summed E-state index contributed by atoms with van der Waals surface area (Å²) in [6.07, 6.45) is 2.07. The molecule has 1 rings (SSSR count). The third-order valence-corrected chi connectivity index (χ3v) is 2.92. The van der Waals surface area contributed by atoms with E-state index in [1.807, 2.05) is 12.1 Å². The lowest BCUT2D eigenvalue weighted by Crippen LogP contribution is -2.13. The highest BCUT2D eigenvalue weighted by Crippen LogP contribution is 2.28. The van der Waals surface area contributed by atoms with Gasteiger partial charge in [0.25, 0.3) is 0 Å². The second-order valence-electron chi connectivity index (χ2n) is 4.55. The third-order valence-electron chi connectivity index (χ3n) is 2.92. The van der Waals surface area contributed by atoms with E-state index < -0.39 is 0 Å². The first-order valence-electron chi connectivity index (χ1n) is 6.88. The number of nitrogens with one attached hydrogen (secondary N) is 1. The van der Waals surface area contributed by atoms with Crippen LogP contribution in [0.5, 0.6) is 11.5 Å². The number of methoxy groups -OCH3 is 1. The minimum absolute atomic E-state index is 0.542. The highest BCUT2D eigenvalue weighted by molar-refractivity contribution is 5.43. The Labute approximate surface area is 116 Å². The van der Waals surface area contributed by atoms with Crippen molar-refractivity contribution in [3.05, 3.63) is 35.9 Å². The molecule has 0 saturated carbocycles. The average molecular weight is 263 g/mol. The van der Waals surface area contributed by atoms with Gasteiger partial charge in [-0.25, -0.2) is 0 Å². The van der Waals surface area contributed by atoms with Gasteiger partial charge in [-0.15, -0.1) is 0 Å². The number of benzene rings is 1. The highest BCUT2D eigenvalue weighted by Gasteiger charge is 2.06. The molecule has 0 unspecified atom stereocenters. The SMILES string of the molecule is C=C(CC)COc1ccc(CNCCC)cc1OC. The van der Waals surface area contributed by atoms with Gasteiger partial charge in [0.2, 0.25) is 0 Å². The van der Waals surface area contributed by atoms with Crippen LogP contribution in [0.2, 0.25) is 0 Å². The molecule has 0 aliphatic rings. The Balaban J connectivity index is 2.64. The Morgan fingerprint density at radius 1 is 1.26 bits per heavy atom. The summed E-state index contributed by atoms with van der Waals surface area (Å²) in [5, 5.41) is 3.37. The maximum absolute atomic E-state index is 5.72. The van der Waals surface area contributed by atoms with Crippen LogP contribution in [-0.4, -0.2) is 20.3 Å². The monoisotopic (exact) mass is 263 g/mol. The van der Waals surface area contributed by atoms with E-state index in [0.717, 1.165) is 43.0 Å². The van der Waals surface area contributed by atoms with Gasteiger partial charge < -0.3 is 14.8 Å². The maximum atomic E-state index is 5.72. The molecule has 0 radical (unpaired) electrons. The van der Waals surface area contributed by atoms with Crippen molar-refractivity contribution in [2.75, 3.05) is 20.3 Å². The van der Waals surface area contributed by atoms with Crippen LogP contribution in [-0.2, 0) is 6.54 Å². The number of hydrogen-bond acceptors (Lipinski definition) is 3. The van der Waals surface area contributed by atoms with Gasteiger partial charge in [0.05, 0.1) is 7.11 Å². The lowest BCUT2D eigenvalue weighted by molar-refractivity contribution is 0.317. The molecule has 0 aliphatic heterocycles. The number of ether oxygens (including phenoxy) is 2. The Bertz CT molecular complexity index is 402. The molecule has 3 nitrogen and oxygen atoms in total. The van der Waals surface area contributed by atoms with Crippen molar-refractivity contribution >= 4 is 0 Å². The Hall–Kier alpha value is -1.48. The molecule has 106 valence electrons. The Morgan fingerprint density at radius 3 is 2.68 bits per heavy atom. The third kappa shape index (κ3) is 5.35. The van der Waals surface area contributed by atoms with Crippen LogP contribution >= 0.6 is 0 Å². The zero-order valence-corrected chi connectivity index (χ0v) is 12.3. The molecule has 0 fully saturated rings. The molecule has 0 atom stereocenters. The standard InChI is InChI=1S/C16H25NO2/c1-5-9-17-11-14-7-8-15(16(10-14)18-4)19-12-13(3)6-2/h7-8,10,17H,3,5-6,9,11-12H2,1-2,4H3. The predicted octanol–water partition coefficient (Wildman–Crippen LogP) is 3.54. The van der Waals surface area contributed by atoms with Gasteiger partial charge in [0, 0.05) is 6.54 Å². The first-order chi connectivity index (χ1) is 9.21. The van der Waals surface area contributed by atoms with E-state index in [-0.39, 0.29) is 0 Å². The summed E-state index contributed by atoms with van der Waals surface area (Å²) < 4.78 is 11.1. The average Bonchev–Trinajstić information content (AvgIpc) is 2.45. The minimum Gasteiger partial charge on any atom is -0.493 e. The fourth-order valence-electron chi connectivity index (χ4n) is 1.63. The van der Waals surface area contributed by atoms with Gasteiger partial charge in [0.15, 0.2) is 11.5 Å². The van der Waals surface area contributed by atoms with Crippen LogP contribution in [0.4, 0.5) is 0 Å². The number of hydrogen-bond donors (Lipinski definition) is 1. The molecule has 0 heterocycles. The van der Waals surface area contributed by atoms with E-state index in [4.69, 9.17) is 9.47 Å². The van der Waals surface area contributed by atoms with E-state index >= 15 is 0 Å². The van der Waals surface area contributed by atoms with Crippen LogP contribution in [0.25, 0.3) is 0 Å². The fourth-order valence-corrected chi connectivity index (χ4v) is 1.63. The summed E-state index contributed by atoms with van der Waals surface area (Å²) >= 11 is 0. The smallest absolute Gasteiger partial charge is 0.161 e. The van der Waals surface area contributed by atoms with Crippen LogP contribution in [0.15, 0.2) is 30.4 Å². The van der Waals surface area contributed by atoms with E-state index in [1.54, 1.807) is 7.11 Å². The molecular weight excluding hydrogens is 238 g/mol. The van der Waals surface area contributed by atoms with E-state index in [2.05, 4.69) is 31.8 Å². The molecule has 0 aromatic heterocycles. The van der Waals surface area contributed by atoms with Crippen LogP contribution in [0, 0.1) is 0 Å². The van der Waals surface area contributed by atoms with Gasteiger partial charge in [0.1, 0.15) is 6.61 Å². The zero-order valence-electron chi connectivity index (χ0n) is 12.3. The Morgan fingerprint density at radius 2 is 2.05 bits per heavy atom. The summed E-state index contributed by atoms with van der Waals surface area (Å²) in [7, 11) is 1.67. The normalized spacial score (nSPS) is 10.3. The van der Waals surface area contributed by atoms with Gasteiger partial charge >= 0.3 is 0 Å². The second-order valence-corrected chi connectivity index (χ2v) is 4.55. The van der Waals surface area contributed by atoms with Gasteiger partial charge in [-0.3, -0.25) is 0 Å². The molecule has 0 amide bonds. The predicted molar refractivity (Wildman–Crippen MR) is 79.9 cm³/mol. The Kier molecular flexibility index (Phi) is 7.04. The van der Waals surface area contributed by atoms with Crippen molar-refractivity contribution < 1.29 is 9.47 Å². The molecule has 1 aromatic carbocycles. The van der Waals surface area contributed by atoms with Crippen molar-refractivity contribution in [3.8, 4) is 11.5 Å². The van der Waals surface area contributed by atoms with Crippen molar-refractivity contribution in [1.82, 2.24) is 5.32 Å². The second kappa shape index (κ2) is 8.59. The summed E-state index contributed by atoms with van der Waals surface area (Å²) in [4.78, 5) is 0. The summed E-state index contributed by atoms with van der Waals surface area (Å²) in [6.45, 7) is 10.6. The zero-order chi connectivity index (χ0) is 14.1. The topological polar surface area (TPSA) is 30.5 Å². The largest absolute Gasteiger partial charge is 0.493 e. The quantitative estimate of drug-likeness (QED) is 0.546. The molecule has 0 bridgehead atoms. The first-order valence-corrected chi connectivity index (χ1v) is 6.88. The highest BCUT2D eigenvalue weighted by atomic mass is 16.5. The summed E-state index contributed by atoms with van der Waals surface area (Å²) in [5.74, 6) is 1.55. The van der Waals surface area contributed by atoms with E-state index in [0.29, 0.717) is 6.61 Å². The molecule has 1 aromatic rings. The van der Waals surface area contributed by atoms with Crippen LogP contribution < -0.4 is 14.8 Å². The summed E-state index contributed by atoms with van der Waals surface area (Å²) in [6, 6.07) is 6.05. The van der Waals surface area contributed by atoms with Gasteiger partial charge in [-0.2, -0.15) is 0 Å². The molecule has 19 heavy (non-hydrogen) atoms. The lowest BCUT2D eigenvalue weighted by Gasteiger charge is -2.13. The van der Waals surface area contributed by atoms with Crippen LogP contribution in [0.1, 0.15) is 32.3 Å². The van der Waals surface area contributed by atoms with Gasteiger partial charge in [-0.1, -0.05) is 26.5 Å². The van der Waals surface area contributed by atoms with E-state index in [1.165, 1.54) is 5.56 Å². The maximum Gasteiger partial charge on any atom is 0.161 e. The van der Waals surface area contributed by atoms with Crippen molar-refractivity contribution in [2.24, 2.45) is 0 Å². The van der Waals surface area contributed by atoms with Crippen LogP contribution in [0.3, 0.4) is 0 Å². The van der Waals surface area contributed by atoms with E-state index in [9.17, 15) is 0 Å². The molecule has 0 spiro atoms. The molecule has 0 aliphatic carbocycles. The molecule has 0 saturated heterocycles. The lowest BCUT2D eigenvalue weighted by atomic mass is 10.2. The molecule has 1 N–H and O–H groups in total. The minimum atomic E-state index is 0.542. The molecule has 3 heteroatoms. The first kappa shape index (κ1) is 15.6. The van der Waals surface area contributed by atoms with Crippen molar-refractivity contribution in [1.29, 1.82) is 0 Å². The number of rotatable bonds is 9. The van der Waals surface area contributed by atoms with Crippen molar-refractivity contribution in [2.45, 2.75) is 33.2 Å². The fraction of sp³-hybridized carbons (Fsp3) is 0.500. The van der Waals surface area contributed by atoms with Gasteiger partial charge in [-0.05, 0) is 42.7 Å². The molecular formula is C16H25NO2.